The zero-order valence-electron chi connectivity index (χ0n) is 23.2. The van der Waals surface area contributed by atoms with Gasteiger partial charge in [0.05, 0.1) is 24.7 Å². The highest BCUT2D eigenvalue weighted by Gasteiger charge is 2.70. The lowest BCUT2D eigenvalue weighted by Crippen LogP contribution is -2.63. The zero-order valence-corrected chi connectivity index (χ0v) is 23.2. The monoisotopic (exact) mass is 565 g/mol. The molecule has 4 rings (SSSR count). The van der Waals surface area contributed by atoms with Gasteiger partial charge in [0.15, 0.2) is 18.0 Å². The average Bonchev–Trinajstić information content (AvgIpc) is 3.17. The van der Waals surface area contributed by atoms with E-state index < -0.39 is 52.4 Å². The van der Waals surface area contributed by atoms with Crippen molar-refractivity contribution in [3.05, 3.63) is 23.8 Å². The molecule has 0 aromatic carbocycles. The lowest BCUT2D eigenvalue weighted by molar-refractivity contribution is -0.492. The minimum atomic E-state index is -1.66. The van der Waals surface area contributed by atoms with Crippen LogP contribution in [0, 0.1) is 28.6 Å². The Bertz CT molecular complexity index is 1090. The number of carbonyl (C=O) groups excluding carboxylic acids is 4. The minimum Gasteiger partial charge on any atom is -0.457 e. The van der Waals surface area contributed by atoms with E-state index in [9.17, 15) is 24.3 Å². The van der Waals surface area contributed by atoms with Crippen LogP contribution in [0.4, 0.5) is 4.79 Å². The number of hydrogen-bond donors (Lipinski definition) is 3. The lowest BCUT2D eigenvalue weighted by atomic mass is 9.46. The number of Topliss-reactive ketones (excluding diaryl/α,β-unsaturated/α-hetero) is 1. The Morgan fingerprint density at radius 1 is 1.15 bits per heavy atom. The van der Waals surface area contributed by atoms with E-state index in [0.29, 0.717) is 12.8 Å². The number of allylic oxidation sites excluding steroid dienone is 4. The molecule has 0 radical (unpaired) electrons. The number of fused-ring (bicyclic) bond motifs is 5. The molecule has 3 saturated carbocycles. The second-order valence-electron chi connectivity index (χ2n) is 11.6. The quantitative estimate of drug-likeness (QED) is 0.201. The molecular formula is C28H39NO11. The number of nitrogens with zero attached hydrogens (tertiary/aromatic N) is 1. The maximum absolute atomic E-state index is 13.8. The molecule has 222 valence electrons. The fourth-order valence-electron chi connectivity index (χ4n) is 7.98. The summed E-state index contributed by atoms with van der Waals surface area (Å²) >= 11 is 0. The molecule has 0 amide bonds. The van der Waals surface area contributed by atoms with Crippen molar-refractivity contribution in [1.82, 2.24) is 5.39 Å². The highest BCUT2D eigenvalue weighted by Crippen LogP contribution is 2.68. The highest BCUT2D eigenvalue weighted by molar-refractivity contribution is 6.01. The van der Waals surface area contributed by atoms with Crippen LogP contribution in [-0.2, 0) is 33.4 Å². The summed E-state index contributed by atoms with van der Waals surface area (Å²) in [6.07, 6.45) is 5.63. The maximum atomic E-state index is 13.8. The third-order valence-electron chi connectivity index (χ3n) is 9.68. The smallest absolute Gasteiger partial charge is 0.457 e. The van der Waals surface area contributed by atoms with Gasteiger partial charge in [0.2, 0.25) is 5.78 Å². The average molecular weight is 566 g/mol. The number of aliphatic hydroxyl groups is 1. The van der Waals surface area contributed by atoms with Crippen LogP contribution < -0.4 is 0 Å². The number of hydrogen-bond acceptors (Lipinski definition) is 12. The third kappa shape index (κ3) is 5.35. The molecule has 3 N–H and O–H groups in total. The van der Waals surface area contributed by atoms with Gasteiger partial charge in [0.1, 0.15) is 0 Å². The summed E-state index contributed by atoms with van der Waals surface area (Å²) in [5.74, 6) is -1.57. The Morgan fingerprint density at radius 3 is 2.60 bits per heavy atom. The number of ketones is 2. The zero-order chi connectivity index (χ0) is 29.3. The highest BCUT2D eigenvalue weighted by atomic mass is 17.1. The number of carbonyl (C=O) groups is 4. The summed E-state index contributed by atoms with van der Waals surface area (Å²) in [6.45, 7) is 4.79. The van der Waals surface area contributed by atoms with Crippen LogP contribution >= 0.6 is 0 Å². The fraction of sp³-hybridized carbons (Fsp3) is 0.714. The normalized spacial score (nSPS) is 36.3. The number of esters is 1. The van der Waals surface area contributed by atoms with E-state index >= 15 is 0 Å². The fourth-order valence-corrected chi connectivity index (χ4v) is 7.98. The summed E-state index contributed by atoms with van der Waals surface area (Å²) in [7, 11) is 0. The van der Waals surface area contributed by atoms with Crippen molar-refractivity contribution in [2.24, 2.45) is 28.6 Å². The first-order chi connectivity index (χ1) is 18.9. The first kappa shape index (κ1) is 30.3. The van der Waals surface area contributed by atoms with E-state index in [2.05, 4.69) is 11.8 Å². The molecule has 3 fully saturated rings. The van der Waals surface area contributed by atoms with Crippen LogP contribution in [0.15, 0.2) is 23.8 Å². The van der Waals surface area contributed by atoms with Crippen molar-refractivity contribution in [2.45, 2.75) is 77.4 Å². The second-order valence-corrected chi connectivity index (χ2v) is 11.6. The van der Waals surface area contributed by atoms with Gasteiger partial charge in [0, 0.05) is 23.2 Å². The molecule has 7 atom stereocenters. The Labute approximate surface area is 232 Å². The van der Waals surface area contributed by atoms with Crippen molar-refractivity contribution in [3.63, 3.8) is 0 Å². The minimum absolute atomic E-state index is 0.00869. The van der Waals surface area contributed by atoms with Crippen molar-refractivity contribution in [3.8, 4) is 0 Å². The van der Waals surface area contributed by atoms with Crippen LogP contribution in [0.3, 0.4) is 0 Å². The molecule has 0 unspecified atom stereocenters. The molecule has 0 bridgehead atoms. The second kappa shape index (κ2) is 11.7. The molecule has 40 heavy (non-hydrogen) atoms. The van der Waals surface area contributed by atoms with E-state index in [1.165, 1.54) is 0 Å². The van der Waals surface area contributed by atoms with Gasteiger partial charge in [0.25, 0.3) is 0 Å². The van der Waals surface area contributed by atoms with E-state index in [1.54, 1.807) is 19.1 Å². The van der Waals surface area contributed by atoms with Crippen molar-refractivity contribution < 1.29 is 53.7 Å². The third-order valence-corrected chi connectivity index (χ3v) is 9.68. The molecule has 12 nitrogen and oxygen atoms in total. The molecule has 4 aliphatic carbocycles. The largest absolute Gasteiger partial charge is 0.509 e. The Morgan fingerprint density at radius 2 is 1.90 bits per heavy atom. The van der Waals surface area contributed by atoms with Crippen molar-refractivity contribution in [1.29, 1.82) is 0 Å². The Balaban J connectivity index is 1.57. The van der Waals surface area contributed by atoms with Gasteiger partial charge in [-0.2, -0.15) is 0 Å². The lowest BCUT2D eigenvalue weighted by Gasteiger charge is -2.59. The number of ether oxygens (including phenoxy) is 3. The van der Waals surface area contributed by atoms with Crippen molar-refractivity contribution in [2.75, 3.05) is 19.8 Å². The van der Waals surface area contributed by atoms with Gasteiger partial charge in [-0.15, -0.1) is 0 Å². The topological polar surface area (TPSA) is 169 Å². The summed E-state index contributed by atoms with van der Waals surface area (Å²) in [5.41, 5.74) is -2.09. The van der Waals surface area contributed by atoms with E-state index in [0.717, 1.165) is 12.0 Å². The van der Waals surface area contributed by atoms with E-state index in [4.69, 9.17) is 24.6 Å². The van der Waals surface area contributed by atoms with Crippen LogP contribution in [0.5, 0.6) is 0 Å². The summed E-state index contributed by atoms with van der Waals surface area (Å²) < 4.78 is 16.1. The molecule has 0 heterocycles. The number of aliphatic hydroxyl groups excluding tert-OH is 1. The summed E-state index contributed by atoms with van der Waals surface area (Å²) in [5, 5.41) is 28.3. The predicted molar refractivity (Wildman–Crippen MR) is 135 cm³/mol. The summed E-state index contributed by atoms with van der Waals surface area (Å²) in [6, 6.07) is 0. The molecular weight excluding hydrogens is 526 g/mol. The van der Waals surface area contributed by atoms with Crippen LogP contribution in [-0.4, -0.2) is 76.1 Å². The van der Waals surface area contributed by atoms with Crippen LogP contribution in [0.1, 0.15) is 65.7 Å². The molecule has 4 aliphatic rings. The molecule has 0 aromatic rings. The molecule has 0 aromatic heterocycles. The van der Waals surface area contributed by atoms with Gasteiger partial charge in [-0.1, -0.05) is 25.5 Å². The van der Waals surface area contributed by atoms with Gasteiger partial charge < -0.3 is 19.3 Å². The number of rotatable bonds is 10. The van der Waals surface area contributed by atoms with Gasteiger partial charge >= 0.3 is 12.1 Å². The maximum Gasteiger partial charge on any atom is 0.509 e. The molecule has 12 heteroatoms. The SMILES string of the molecule is CCOC(=O)O[C@]1(C(=O)COC(=O)CCCON(O)O)CC[C@H]2[C@@H]3CCC4=CC(=O)C=C[C@]4(C)[C@H]3[C@@H](O)C[C@@]21C. The summed E-state index contributed by atoms with van der Waals surface area (Å²) in [4.78, 5) is 55.2. The first-order valence-corrected chi connectivity index (χ1v) is 13.9. The molecule has 0 saturated heterocycles. The van der Waals surface area contributed by atoms with Gasteiger partial charge in [-0.3, -0.25) is 29.6 Å². The van der Waals surface area contributed by atoms with E-state index in [-0.39, 0.29) is 62.4 Å². The van der Waals surface area contributed by atoms with Crippen molar-refractivity contribution >= 4 is 23.7 Å². The standard InChI is InChI=1S/C28H39NO11/c1-4-37-25(34)40-28(22(32)16-38-23(33)6-5-13-39-29(35)36)12-10-20-19-8-7-17-14-18(30)9-11-26(17,2)24(19)21(31)15-27(20,28)3/h9,11,14,19-21,24,31,35-36H,4-8,10,12-13,15-16H2,1-3H3/t19-,20-,21-,24+,26-,27-,28-/m0/s1. The van der Waals surface area contributed by atoms with Crippen LogP contribution in [0.2, 0.25) is 0 Å². The molecule has 0 spiro atoms. The predicted octanol–water partition coefficient (Wildman–Crippen LogP) is 3.08. The Kier molecular flexibility index (Phi) is 8.86. The molecule has 0 aliphatic heterocycles. The van der Waals surface area contributed by atoms with Gasteiger partial charge in [-0.25, -0.2) is 4.79 Å². The Hall–Kier alpha value is -2.64. The van der Waals surface area contributed by atoms with E-state index in [1.807, 2.05) is 13.0 Å². The first-order valence-electron chi connectivity index (χ1n) is 13.9. The van der Waals surface area contributed by atoms with Gasteiger partial charge in [-0.05, 0) is 69.4 Å². The van der Waals surface area contributed by atoms with Crippen LogP contribution in [0.25, 0.3) is 0 Å².